The van der Waals surface area contributed by atoms with Gasteiger partial charge in [0, 0.05) is 36.8 Å². The van der Waals surface area contributed by atoms with Crippen LogP contribution in [0.25, 0.3) is 10.9 Å². The highest BCUT2D eigenvalue weighted by Crippen LogP contribution is 2.18. The van der Waals surface area contributed by atoms with E-state index in [2.05, 4.69) is 5.32 Å². The van der Waals surface area contributed by atoms with E-state index in [0.29, 0.717) is 24.5 Å². The highest BCUT2D eigenvalue weighted by molar-refractivity contribution is 7.80. The number of nitrogens with zero attached hydrogens (tertiary/aromatic N) is 1. The predicted octanol–water partition coefficient (Wildman–Crippen LogP) is 1.80. The summed E-state index contributed by atoms with van der Waals surface area (Å²) in [5, 5.41) is 3.91. The van der Waals surface area contributed by atoms with Crippen LogP contribution in [0.1, 0.15) is 18.9 Å². The van der Waals surface area contributed by atoms with Crippen LogP contribution < -0.4 is 11.1 Å². The lowest BCUT2D eigenvalue weighted by atomic mass is 10.1. The zero-order valence-corrected chi connectivity index (χ0v) is 11.7. The van der Waals surface area contributed by atoms with Gasteiger partial charge in [-0.25, -0.2) is 0 Å². The Bertz CT molecular complexity index is 618. The Kier molecular flexibility index (Phi) is 4.16. The third kappa shape index (κ3) is 3.12. The molecule has 0 radical (unpaired) electrons. The van der Waals surface area contributed by atoms with Crippen LogP contribution in [0.4, 0.5) is 0 Å². The molecule has 100 valence electrons. The summed E-state index contributed by atoms with van der Waals surface area (Å²) < 4.78 is 2.05. The number of fused-ring (bicyclic) bond motifs is 1. The molecule has 1 aromatic carbocycles. The molecular weight excluding hydrogens is 258 g/mol. The molecule has 1 aromatic heterocycles. The monoisotopic (exact) mass is 275 g/mol. The molecule has 0 fully saturated rings. The molecule has 0 aliphatic carbocycles. The van der Waals surface area contributed by atoms with Crippen LogP contribution in [0.15, 0.2) is 30.5 Å². The Morgan fingerprint density at radius 2 is 2.21 bits per heavy atom. The molecule has 0 aliphatic rings. The highest BCUT2D eigenvalue weighted by atomic mass is 32.1. The number of aromatic nitrogens is 1. The first-order valence-corrected chi connectivity index (χ1v) is 6.68. The van der Waals surface area contributed by atoms with Crippen LogP contribution in [-0.4, -0.2) is 22.0 Å². The molecule has 0 spiro atoms. The molecule has 19 heavy (non-hydrogen) atoms. The summed E-state index contributed by atoms with van der Waals surface area (Å²) in [5.41, 5.74) is 7.54. The molecule has 2 aromatic rings. The van der Waals surface area contributed by atoms with Crippen molar-refractivity contribution in [1.29, 1.82) is 0 Å². The van der Waals surface area contributed by atoms with Crippen molar-refractivity contribution in [1.82, 2.24) is 9.88 Å². The fourth-order valence-electron chi connectivity index (χ4n) is 2.04. The molecule has 2 rings (SSSR count). The number of amides is 1. The van der Waals surface area contributed by atoms with Gasteiger partial charge in [0.15, 0.2) is 0 Å². The lowest BCUT2D eigenvalue weighted by Gasteiger charge is -2.07. The van der Waals surface area contributed by atoms with Crippen molar-refractivity contribution < 1.29 is 4.79 Å². The van der Waals surface area contributed by atoms with E-state index in [1.807, 2.05) is 42.0 Å². The van der Waals surface area contributed by atoms with E-state index in [-0.39, 0.29) is 5.91 Å². The number of thiocarbonyl (C=S) groups is 1. The Morgan fingerprint density at radius 1 is 1.42 bits per heavy atom. The van der Waals surface area contributed by atoms with Crippen LogP contribution in [0.5, 0.6) is 0 Å². The second-order valence-corrected chi connectivity index (χ2v) is 4.79. The minimum atomic E-state index is 0.0647. The Labute approximate surface area is 117 Å². The van der Waals surface area contributed by atoms with Crippen molar-refractivity contribution in [2.24, 2.45) is 5.73 Å². The summed E-state index contributed by atoms with van der Waals surface area (Å²) in [5.74, 6) is 0.0647. The number of carbonyl (C=O) groups is 1. The van der Waals surface area contributed by atoms with Crippen LogP contribution in [0.3, 0.4) is 0 Å². The predicted molar refractivity (Wildman–Crippen MR) is 81.1 cm³/mol. The zero-order chi connectivity index (χ0) is 13.8. The van der Waals surface area contributed by atoms with Gasteiger partial charge in [-0.3, -0.25) is 4.79 Å². The molecule has 0 unspecified atom stereocenters. The van der Waals surface area contributed by atoms with Gasteiger partial charge in [-0.2, -0.15) is 0 Å². The number of aryl methyl sites for hydroxylation is 1. The Balaban J connectivity index is 2.21. The van der Waals surface area contributed by atoms with E-state index in [4.69, 9.17) is 18.0 Å². The van der Waals surface area contributed by atoms with Gasteiger partial charge in [-0.05, 0) is 24.4 Å². The minimum Gasteiger partial charge on any atom is -0.389 e. The maximum absolute atomic E-state index is 11.5. The first-order valence-electron chi connectivity index (χ1n) is 6.27. The molecule has 4 nitrogen and oxygen atoms in total. The summed E-state index contributed by atoms with van der Waals surface area (Å²) in [4.78, 5) is 11.9. The smallest absolute Gasteiger partial charge is 0.221 e. The van der Waals surface area contributed by atoms with E-state index in [9.17, 15) is 4.79 Å². The van der Waals surface area contributed by atoms with E-state index in [1.54, 1.807) is 0 Å². The van der Waals surface area contributed by atoms with Gasteiger partial charge in [0.05, 0.1) is 0 Å². The minimum absolute atomic E-state index is 0.0647. The zero-order valence-electron chi connectivity index (χ0n) is 10.8. The second kappa shape index (κ2) is 5.84. The van der Waals surface area contributed by atoms with Crippen LogP contribution in [0.2, 0.25) is 0 Å². The van der Waals surface area contributed by atoms with E-state index in [0.717, 1.165) is 16.5 Å². The van der Waals surface area contributed by atoms with Crippen molar-refractivity contribution in [2.75, 3.05) is 6.54 Å². The maximum Gasteiger partial charge on any atom is 0.221 e. The normalized spacial score (nSPS) is 10.6. The van der Waals surface area contributed by atoms with Gasteiger partial charge in [0.2, 0.25) is 5.91 Å². The molecule has 0 atom stereocenters. The third-order valence-corrected chi connectivity index (χ3v) is 3.25. The van der Waals surface area contributed by atoms with Crippen molar-refractivity contribution in [3.63, 3.8) is 0 Å². The first kappa shape index (κ1) is 13.5. The topological polar surface area (TPSA) is 60.0 Å². The number of hydrogen-bond acceptors (Lipinski definition) is 2. The molecule has 1 amide bonds. The van der Waals surface area contributed by atoms with Gasteiger partial charge >= 0.3 is 0 Å². The molecule has 0 saturated heterocycles. The summed E-state index contributed by atoms with van der Waals surface area (Å²) in [6.07, 6.45) is 2.45. The molecule has 0 bridgehead atoms. The third-order valence-electron chi connectivity index (χ3n) is 3.01. The fourth-order valence-corrected chi connectivity index (χ4v) is 2.17. The molecule has 0 saturated carbocycles. The van der Waals surface area contributed by atoms with Crippen LogP contribution >= 0.6 is 12.2 Å². The quantitative estimate of drug-likeness (QED) is 0.818. The molecule has 5 heteroatoms. The van der Waals surface area contributed by atoms with E-state index in [1.165, 1.54) is 0 Å². The number of rotatable bonds is 5. The van der Waals surface area contributed by atoms with Gasteiger partial charge in [0.1, 0.15) is 4.99 Å². The second-order valence-electron chi connectivity index (χ2n) is 4.35. The van der Waals surface area contributed by atoms with Gasteiger partial charge in [-0.1, -0.05) is 24.4 Å². The summed E-state index contributed by atoms with van der Waals surface area (Å²) in [6, 6.07) is 7.90. The summed E-state index contributed by atoms with van der Waals surface area (Å²) >= 11 is 4.99. The largest absolute Gasteiger partial charge is 0.389 e. The van der Waals surface area contributed by atoms with Gasteiger partial charge in [-0.15, -0.1) is 0 Å². The number of hydrogen-bond donors (Lipinski definition) is 2. The summed E-state index contributed by atoms with van der Waals surface area (Å²) in [6.45, 7) is 3.23. The first-order chi connectivity index (χ1) is 9.11. The van der Waals surface area contributed by atoms with Crippen LogP contribution in [-0.2, 0) is 11.3 Å². The Morgan fingerprint density at radius 3 is 2.89 bits per heavy atom. The highest BCUT2D eigenvalue weighted by Gasteiger charge is 2.06. The van der Waals surface area contributed by atoms with Crippen molar-refractivity contribution in [3.8, 4) is 0 Å². The van der Waals surface area contributed by atoms with Gasteiger partial charge in [0.25, 0.3) is 0 Å². The van der Waals surface area contributed by atoms with Crippen LogP contribution in [0, 0.1) is 0 Å². The molecule has 0 aliphatic heterocycles. The number of carbonyl (C=O) groups excluding carboxylic acids is 1. The number of nitrogens with two attached hydrogens (primary N) is 1. The maximum atomic E-state index is 11.5. The number of nitrogens with one attached hydrogen (secondary N) is 1. The van der Waals surface area contributed by atoms with Crippen molar-refractivity contribution >= 4 is 34.0 Å². The Hall–Kier alpha value is -1.88. The molecule has 3 N–H and O–H groups in total. The lowest BCUT2D eigenvalue weighted by molar-refractivity contribution is -0.121. The number of benzene rings is 1. The summed E-state index contributed by atoms with van der Waals surface area (Å²) in [7, 11) is 0. The van der Waals surface area contributed by atoms with E-state index >= 15 is 0 Å². The fraction of sp³-hybridized carbons (Fsp3) is 0.286. The molecule has 1 heterocycles. The van der Waals surface area contributed by atoms with Gasteiger partial charge < -0.3 is 15.6 Å². The SMILES string of the molecule is CCNC(=O)CCn1ccc2ccc(C(N)=S)cc21. The van der Waals surface area contributed by atoms with Crippen molar-refractivity contribution in [2.45, 2.75) is 19.9 Å². The average molecular weight is 275 g/mol. The average Bonchev–Trinajstić information content (AvgIpc) is 2.79. The van der Waals surface area contributed by atoms with E-state index < -0.39 is 0 Å². The standard InChI is InChI=1S/C14H17N3OS/c1-2-16-13(18)6-8-17-7-5-10-3-4-11(14(15)19)9-12(10)17/h3-5,7,9H,2,6,8H2,1H3,(H2,15,19)(H,16,18). The lowest BCUT2D eigenvalue weighted by Crippen LogP contribution is -2.23. The molecular formula is C14H17N3OS. The van der Waals surface area contributed by atoms with Crippen molar-refractivity contribution in [3.05, 3.63) is 36.0 Å².